The fraction of sp³-hybridized carbons (Fsp3) is 0.400. The molecule has 7 heteroatoms. The van der Waals surface area contributed by atoms with Gasteiger partial charge < -0.3 is 10.2 Å². The summed E-state index contributed by atoms with van der Waals surface area (Å²) in [4.78, 5) is 18.3. The number of piperidine rings is 1. The minimum absolute atomic E-state index is 0.360. The van der Waals surface area contributed by atoms with Crippen molar-refractivity contribution in [2.24, 2.45) is 11.8 Å². The molecule has 2 heterocycles. The zero-order valence-corrected chi connectivity index (χ0v) is 14.8. The second kappa shape index (κ2) is 6.55. The van der Waals surface area contributed by atoms with Crippen LogP contribution in [0.3, 0.4) is 0 Å². The third kappa shape index (κ3) is 3.38. The van der Waals surface area contributed by atoms with Crippen molar-refractivity contribution in [1.82, 2.24) is 9.88 Å². The van der Waals surface area contributed by atoms with Crippen molar-refractivity contribution in [3.05, 3.63) is 48.2 Å². The van der Waals surface area contributed by atoms with Crippen molar-refractivity contribution in [1.29, 1.82) is 0 Å². The summed E-state index contributed by atoms with van der Waals surface area (Å²) in [5, 5.41) is 2.77. The normalized spacial score (nSPS) is 24.3. The second-order valence-electron chi connectivity index (χ2n) is 7.23. The average Bonchev–Trinajstić information content (AvgIpc) is 3.39. The van der Waals surface area contributed by atoms with Gasteiger partial charge in [0.25, 0.3) is 0 Å². The molecule has 1 aromatic heterocycles. The topological polar surface area (TPSA) is 45.2 Å². The molecule has 27 heavy (non-hydrogen) atoms. The average molecular weight is 375 g/mol. The molecule has 2 fully saturated rings. The molecule has 2 aromatic rings. The summed E-state index contributed by atoms with van der Waals surface area (Å²) in [5.74, 6) is -1.83. The van der Waals surface area contributed by atoms with Gasteiger partial charge in [-0.15, -0.1) is 0 Å². The number of aromatic nitrogens is 1. The van der Waals surface area contributed by atoms with Crippen LogP contribution in [0.5, 0.6) is 0 Å². The molecule has 1 N–H and O–H groups in total. The van der Waals surface area contributed by atoms with Gasteiger partial charge in [0.15, 0.2) is 0 Å². The van der Waals surface area contributed by atoms with E-state index in [4.69, 9.17) is 0 Å². The largest absolute Gasteiger partial charge is 0.394 e. The highest BCUT2D eigenvalue weighted by molar-refractivity contribution is 5.91. The van der Waals surface area contributed by atoms with Gasteiger partial charge in [0.1, 0.15) is 0 Å². The number of pyridine rings is 1. The van der Waals surface area contributed by atoms with E-state index in [1.807, 2.05) is 37.3 Å². The molecule has 1 aromatic carbocycles. The molecule has 3 atom stereocenters. The summed E-state index contributed by atoms with van der Waals surface area (Å²) in [7, 11) is 0. The van der Waals surface area contributed by atoms with Crippen molar-refractivity contribution in [2.45, 2.75) is 32.0 Å². The van der Waals surface area contributed by atoms with E-state index in [0.29, 0.717) is 25.1 Å². The Balaban J connectivity index is 1.52. The molecule has 1 saturated heterocycles. The van der Waals surface area contributed by atoms with E-state index < -0.39 is 30.1 Å². The molecule has 1 saturated carbocycles. The second-order valence-corrected chi connectivity index (χ2v) is 7.23. The van der Waals surface area contributed by atoms with Gasteiger partial charge in [0, 0.05) is 30.0 Å². The van der Waals surface area contributed by atoms with E-state index in [-0.39, 0.29) is 0 Å². The number of alkyl halides is 3. The van der Waals surface area contributed by atoms with Gasteiger partial charge in [-0.05, 0) is 55.5 Å². The molecule has 1 aliphatic heterocycles. The Kier molecular flexibility index (Phi) is 4.32. The lowest BCUT2D eigenvalue weighted by atomic mass is 10.0. The van der Waals surface area contributed by atoms with Crippen molar-refractivity contribution in [2.75, 3.05) is 11.9 Å². The van der Waals surface area contributed by atoms with Gasteiger partial charge in [-0.3, -0.25) is 4.98 Å². The van der Waals surface area contributed by atoms with Crippen molar-refractivity contribution in [3.63, 3.8) is 0 Å². The van der Waals surface area contributed by atoms with Crippen LogP contribution in [0.15, 0.2) is 42.6 Å². The maximum Gasteiger partial charge on any atom is 0.394 e. The molecule has 2 aliphatic rings. The summed E-state index contributed by atoms with van der Waals surface area (Å²) in [6, 6.07) is 9.83. The lowest BCUT2D eigenvalue weighted by Crippen LogP contribution is -2.41. The minimum atomic E-state index is -4.24. The molecule has 4 nitrogen and oxygen atoms in total. The van der Waals surface area contributed by atoms with Crippen LogP contribution in [-0.4, -0.2) is 34.7 Å². The Morgan fingerprint density at radius 3 is 2.78 bits per heavy atom. The summed E-state index contributed by atoms with van der Waals surface area (Å²) < 4.78 is 39.4. The maximum absolute atomic E-state index is 13.1. The number of carbonyl (C=O) groups excluding carboxylic acids is 1. The number of likely N-dealkylation sites (tertiary alicyclic amines) is 1. The molecule has 2 amide bonds. The zero-order chi connectivity index (χ0) is 19.2. The SMILES string of the molecule is Cc1ccc(NC(=O)N2CCC[C@@H]3[C@H]2[C@@H]3C(F)(F)F)cc1-c1ccccn1. The first-order valence-electron chi connectivity index (χ1n) is 9.02. The standard InChI is InChI=1S/C20H20F3N3O/c1-12-7-8-13(11-15(12)16-6-2-3-9-24-16)25-19(27)26-10-4-5-14-17(18(14)26)20(21,22)23/h2-3,6-9,11,14,17-18H,4-5,10H2,1H3,(H,25,27)/t14-,17+,18-/m0/s1. The predicted octanol–water partition coefficient (Wildman–Crippen LogP) is 4.86. The summed E-state index contributed by atoms with van der Waals surface area (Å²) >= 11 is 0. The summed E-state index contributed by atoms with van der Waals surface area (Å²) in [5.41, 5.74) is 3.22. The maximum atomic E-state index is 13.1. The van der Waals surface area contributed by atoms with Crippen molar-refractivity contribution in [3.8, 4) is 11.3 Å². The number of amides is 2. The number of urea groups is 1. The van der Waals surface area contributed by atoms with Gasteiger partial charge in [-0.25, -0.2) is 4.79 Å². The summed E-state index contributed by atoms with van der Waals surface area (Å²) in [6.45, 7) is 2.31. The third-order valence-corrected chi connectivity index (χ3v) is 5.49. The number of nitrogens with one attached hydrogen (secondary N) is 1. The fourth-order valence-electron chi connectivity index (χ4n) is 4.14. The van der Waals surface area contributed by atoms with E-state index >= 15 is 0 Å². The number of benzene rings is 1. The molecule has 0 unspecified atom stereocenters. The van der Waals surface area contributed by atoms with Gasteiger partial charge in [0.05, 0.1) is 11.6 Å². The van der Waals surface area contributed by atoms with Gasteiger partial charge in [-0.1, -0.05) is 12.1 Å². The molecular weight excluding hydrogens is 355 g/mol. The molecular formula is C20H20F3N3O. The number of aryl methyl sites for hydroxylation is 1. The third-order valence-electron chi connectivity index (χ3n) is 5.49. The number of carbonyl (C=O) groups is 1. The number of halogens is 3. The van der Waals surface area contributed by atoms with Crippen LogP contribution in [0.4, 0.5) is 23.7 Å². The van der Waals surface area contributed by atoms with Crippen molar-refractivity contribution < 1.29 is 18.0 Å². The highest BCUT2D eigenvalue weighted by atomic mass is 19.4. The molecule has 142 valence electrons. The van der Waals surface area contributed by atoms with Crippen LogP contribution >= 0.6 is 0 Å². The number of fused-ring (bicyclic) bond motifs is 1. The molecule has 0 bridgehead atoms. The molecule has 1 aliphatic carbocycles. The van der Waals surface area contributed by atoms with Crippen LogP contribution in [0.25, 0.3) is 11.3 Å². The Labute approximate surface area is 155 Å². The monoisotopic (exact) mass is 375 g/mol. The molecule has 0 radical (unpaired) electrons. The van der Waals surface area contributed by atoms with E-state index in [0.717, 1.165) is 16.8 Å². The van der Waals surface area contributed by atoms with E-state index in [2.05, 4.69) is 10.3 Å². The van der Waals surface area contributed by atoms with E-state index in [1.54, 1.807) is 12.3 Å². The van der Waals surface area contributed by atoms with Crippen LogP contribution in [0, 0.1) is 18.8 Å². The first-order chi connectivity index (χ1) is 12.9. The van der Waals surface area contributed by atoms with Gasteiger partial charge in [0.2, 0.25) is 0 Å². The lowest BCUT2D eigenvalue weighted by Gasteiger charge is -2.27. The first kappa shape index (κ1) is 17.8. The Bertz CT molecular complexity index is 853. The number of anilines is 1. The number of hydrogen-bond donors (Lipinski definition) is 1. The molecule has 4 rings (SSSR count). The van der Waals surface area contributed by atoms with Crippen LogP contribution in [-0.2, 0) is 0 Å². The zero-order valence-electron chi connectivity index (χ0n) is 14.8. The first-order valence-corrected chi connectivity index (χ1v) is 9.02. The summed E-state index contributed by atoms with van der Waals surface area (Å²) in [6.07, 6.45) is -1.41. The number of rotatable bonds is 2. The number of nitrogens with zero attached hydrogens (tertiary/aromatic N) is 2. The van der Waals surface area contributed by atoms with Crippen LogP contribution in [0.1, 0.15) is 18.4 Å². The lowest BCUT2D eigenvalue weighted by molar-refractivity contribution is -0.153. The molecule has 0 spiro atoms. The fourth-order valence-corrected chi connectivity index (χ4v) is 4.14. The van der Waals surface area contributed by atoms with Crippen LogP contribution in [0.2, 0.25) is 0 Å². The quantitative estimate of drug-likeness (QED) is 0.815. The van der Waals surface area contributed by atoms with Crippen LogP contribution < -0.4 is 5.32 Å². The highest BCUT2D eigenvalue weighted by Gasteiger charge is 2.67. The smallest absolute Gasteiger partial charge is 0.321 e. The van der Waals surface area contributed by atoms with E-state index in [9.17, 15) is 18.0 Å². The highest BCUT2D eigenvalue weighted by Crippen LogP contribution is 2.57. The Morgan fingerprint density at radius 2 is 2.07 bits per heavy atom. The Hall–Kier alpha value is -2.57. The van der Waals surface area contributed by atoms with Crippen molar-refractivity contribution >= 4 is 11.7 Å². The minimum Gasteiger partial charge on any atom is -0.321 e. The Morgan fingerprint density at radius 1 is 1.26 bits per heavy atom. The van der Waals surface area contributed by atoms with Gasteiger partial charge >= 0.3 is 12.2 Å². The van der Waals surface area contributed by atoms with E-state index in [1.165, 1.54) is 4.90 Å². The predicted molar refractivity (Wildman–Crippen MR) is 96.2 cm³/mol. The number of hydrogen-bond acceptors (Lipinski definition) is 2. The van der Waals surface area contributed by atoms with Gasteiger partial charge in [-0.2, -0.15) is 13.2 Å².